The number of rotatable bonds is 3. The van der Waals surface area contributed by atoms with Crippen molar-refractivity contribution in [2.45, 2.75) is 32.1 Å². The van der Waals surface area contributed by atoms with Gasteiger partial charge in [0.1, 0.15) is 0 Å². The Hall–Kier alpha value is -0.760. The summed E-state index contributed by atoms with van der Waals surface area (Å²) >= 11 is 0. The summed E-state index contributed by atoms with van der Waals surface area (Å²) in [5.74, 6) is 0. The molecule has 0 aliphatic heterocycles. The molecule has 0 amide bonds. The molecule has 1 aromatic heterocycles. The molecule has 13 heavy (non-hydrogen) atoms. The number of hydrogen-bond donors (Lipinski definition) is 2. The number of nitrogens with one attached hydrogen (secondary N) is 2. The van der Waals surface area contributed by atoms with Gasteiger partial charge in [-0.3, -0.25) is 0 Å². The van der Waals surface area contributed by atoms with Gasteiger partial charge >= 0.3 is 0 Å². The maximum atomic E-state index is 3.41. The Morgan fingerprint density at radius 3 is 3.08 bits per heavy atom. The van der Waals surface area contributed by atoms with Gasteiger partial charge in [-0.2, -0.15) is 0 Å². The van der Waals surface area contributed by atoms with Gasteiger partial charge in [0.2, 0.25) is 0 Å². The van der Waals surface area contributed by atoms with Crippen LogP contribution in [0.5, 0.6) is 0 Å². The molecule has 2 nitrogen and oxygen atoms in total. The zero-order valence-corrected chi connectivity index (χ0v) is 8.32. The van der Waals surface area contributed by atoms with Gasteiger partial charge < -0.3 is 10.3 Å². The Morgan fingerprint density at radius 2 is 2.23 bits per heavy atom. The molecule has 2 N–H and O–H groups in total. The van der Waals surface area contributed by atoms with Crippen LogP contribution in [-0.2, 0) is 19.3 Å². The predicted molar refractivity (Wildman–Crippen MR) is 55.1 cm³/mol. The number of H-pyrrole nitrogens is 1. The summed E-state index contributed by atoms with van der Waals surface area (Å²) in [6, 6.07) is 0. The van der Waals surface area contributed by atoms with Crippen LogP contribution in [0.2, 0.25) is 0 Å². The molecule has 0 bridgehead atoms. The first-order chi connectivity index (χ1) is 6.42. The van der Waals surface area contributed by atoms with Crippen molar-refractivity contribution in [1.29, 1.82) is 0 Å². The number of hydrogen-bond acceptors (Lipinski definition) is 1. The predicted octanol–water partition coefficient (Wildman–Crippen LogP) is 1.66. The molecule has 2 heteroatoms. The summed E-state index contributed by atoms with van der Waals surface area (Å²) in [6.07, 6.45) is 8.65. The van der Waals surface area contributed by atoms with E-state index in [2.05, 4.69) is 16.5 Å². The lowest BCUT2D eigenvalue weighted by atomic mass is 9.94. The highest BCUT2D eigenvalue weighted by Crippen LogP contribution is 2.23. The van der Waals surface area contributed by atoms with Crippen molar-refractivity contribution >= 4 is 0 Å². The van der Waals surface area contributed by atoms with E-state index in [4.69, 9.17) is 0 Å². The highest BCUT2D eigenvalue weighted by Gasteiger charge is 2.13. The summed E-state index contributed by atoms with van der Waals surface area (Å²) in [5, 5.41) is 3.20. The topological polar surface area (TPSA) is 27.8 Å². The monoisotopic (exact) mass is 178 g/mol. The van der Waals surface area contributed by atoms with Crippen LogP contribution in [0.1, 0.15) is 29.7 Å². The third-order valence-corrected chi connectivity index (χ3v) is 2.92. The first-order valence-corrected chi connectivity index (χ1v) is 5.24. The Kier molecular flexibility index (Phi) is 2.69. The molecule has 0 atom stereocenters. The minimum Gasteiger partial charge on any atom is -0.364 e. The Bertz CT molecular complexity index is 276. The van der Waals surface area contributed by atoms with Crippen molar-refractivity contribution in [3.05, 3.63) is 23.0 Å². The highest BCUT2D eigenvalue weighted by molar-refractivity contribution is 5.33. The molecule has 0 saturated carbocycles. The van der Waals surface area contributed by atoms with Crippen molar-refractivity contribution in [3.8, 4) is 0 Å². The Labute approximate surface area is 79.7 Å². The van der Waals surface area contributed by atoms with Crippen LogP contribution < -0.4 is 5.32 Å². The lowest BCUT2D eigenvalue weighted by molar-refractivity contribution is 0.670. The van der Waals surface area contributed by atoms with Crippen molar-refractivity contribution < 1.29 is 0 Å². The van der Waals surface area contributed by atoms with Gasteiger partial charge in [-0.1, -0.05) is 0 Å². The summed E-state index contributed by atoms with van der Waals surface area (Å²) in [4.78, 5) is 3.41. The van der Waals surface area contributed by atoms with Gasteiger partial charge in [-0.25, -0.2) is 0 Å². The summed E-state index contributed by atoms with van der Waals surface area (Å²) in [6.45, 7) is 1.09. The number of aryl methyl sites for hydroxylation is 1. The molecule has 1 aromatic rings. The zero-order valence-electron chi connectivity index (χ0n) is 8.32. The van der Waals surface area contributed by atoms with E-state index < -0.39 is 0 Å². The number of fused-ring (bicyclic) bond motifs is 1. The van der Waals surface area contributed by atoms with E-state index in [0.29, 0.717) is 0 Å². The van der Waals surface area contributed by atoms with Crippen molar-refractivity contribution in [3.63, 3.8) is 0 Å². The molecule has 1 heterocycles. The zero-order chi connectivity index (χ0) is 9.10. The lowest BCUT2D eigenvalue weighted by Crippen LogP contribution is -2.11. The summed E-state index contributed by atoms with van der Waals surface area (Å²) < 4.78 is 0. The minimum absolute atomic E-state index is 1.09. The van der Waals surface area contributed by atoms with Gasteiger partial charge in [-0.05, 0) is 56.8 Å². The average Bonchev–Trinajstić information content (AvgIpc) is 2.58. The fourth-order valence-corrected chi connectivity index (χ4v) is 2.16. The van der Waals surface area contributed by atoms with Crippen LogP contribution in [0.3, 0.4) is 0 Å². The molecular formula is C11H18N2. The largest absolute Gasteiger partial charge is 0.364 e. The molecule has 2 rings (SSSR count). The van der Waals surface area contributed by atoms with Crippen molar-refractivity contribution in [2.24, 2.45) is 0 Å². The maximum absolute atomic E-state index is 3.41. The summed E-state index contributed by atoms with van der Waals surface area (Å²) in [5.41, 5.74) is 4.64. The standard InChI is InChI=1S/C11H18N2/c1-12-7-6-9-8-13-11-5-3-2-4-10(9)11/h8,12-13H,2-7H2,1H3. The van der Waals surface area contributed by atoms with E-state index in [-0.39, 0.29) is 0 Å². The molecule has 0 fully saturated rings. The number of likely N-dealkylation sites (N-methyl/N-ethyl adjacent to an activating group) is 1. The second-order valence-corrected chi connectivity index (χ2v) is 3.83. The fraction of sp³-hybridized carbons (Fsp3) is 0.636. The van der Waals surface area contributed by atoms with Gasteiger partial charge in [0, 0.05) is 11.9 Å². The number of aromatic amines is 1. The third kappa shape index (κ3) is 1.78. The van der Waals surface area contributed by atoms with Crippen LogP contribution in [0.4, 0.5) is 0 Å². The van der Waals surface area contributed by atoms with Gasteiger partial charge in [0.25, 0.3) is 0 Å². The smallest absolute Gasteiger partial charge is 0.0182 e. The third-order valence-electron chi connectivity index (χ3n) is 2.92. The van der Waals surface area contributed by atoms with Crippen LogP contribution in [0.25, 0.3) is 0 Å². The highest BCUT2D eigenvalue weighted by atomic mass is 14.8. The van der Waals surface area contributed by atoms with E-state index in [0.717, 1.165) is 6.54 Å². The van der Waals surface area contributed by atoms with Crippen molar-refractivity contribution in [1.82, 2.24) is 10.3 Å². The molecule has 1 aliphatic rings. The van der Waals surface area contributed by atoms with E-state index in [1.54, 1.807) is 5.56 Å². The first-order valence-electron chi connectivity index (χ1n) is 5.24. The van der Waals surface area contributed by atoms with Gasteiger partial charge in [-0.15, -0.1) is 0 Å². The molecule has 0 unspecified atom stereocenters. The van der Waals surface area contributed by atoms with Crippen LogP contribution in [0, 0.1) is 0 Å². The van der Waals surface area contributed by atoms with Gasteiger partial charge in [0.15, 0.2) is 0 Å². The average molecular weight is 178 g/mol. The maximum Gasteiger partial charge on any atom is 0.0182 e. The first kappa shape index (κ1) is 8.82. The van der Waals surface area contributed by atoms with Crippen LogP contribution >= 0.6 is 0 Å². The fourth-order valence-electron chi connectivity index (χ4n) is 2.16. The lowest BCUT2D eigenvalue weighted by Gasteiger charge is -2.12. The summed E-state index contributed by atoms with van der Waals surface area (Å²) in [7, 11) is 2.01. The van der Waals surface area contributed by atoms with E-state index in [9.17, 15) is 0 Å². The molecular weight excluding hydrogens is 160 g/mol. The van der Waals surface area contributed by atoms with E-state index >= 15 is 0 Å². The minimum atomic E-state index is 1.09. The Morgan fingerprint density at radius 1 is 1.38 bits per heavy atom. The molecule has 1 aliphatic carbocycles. The van der Waals surface area contributed by atoms with Crippen molar-refractivity contribution in [2.75, 3.05) is 13.6 Å². The quantitative estimate of drug-likeness (QED) is 0.723. The molecule has 0 radical (unpaired) electrons. The number of aromatic nitrogens is 1. The SMILES string of the molecule is CNCCc1c[nH]c2c1CCCC2. The van der Waals surface area contributed by atoms with E-state index in [1.165, 1.54) is 43.4 Å². The van der Waals surface area contributed by atoms with Crippen LogP contribution in [-0.4, -0.2) is 18.6 Å². The molecule has 0 spiro atoms. The molecule has 0 saturated heterocycles. The van der Waals surface area contributed by atoms with E-state index in [1.807, 2.05) is 7.05 Å². The van der Waals surface area contributed by atoms with Gasteiger partial charge in [0.05, 0.1) is 0 Å². The Balaban J connectivity index is 2.12. The second-order valence-electron chi connectivity index (χ2n) is 3.83. The molecule has 72 valence electrons. The van der Waals surface area contributed by atoms with Crippen LogP contribution in [0.15, 0.2) is 6.20 Å². The second kappa shape index (κ2) is 3.97. The molecule has 0 aromatic carbocycles. The normalized spacial score (nSPS) is 15.8.